The number of nitrogens with zero attached hydrogens (tertiary/aromatic N) is 1. The van der Waals surface area contributed by atoms with E-state index in [2.05, 4.69) is 10.2 Å². The van der Waals surface area contributed by atoms with Crippen LogP contribution in [0.25, 0.3) is 0 Å². The highest BCUT2D eigenvalue weighted by Gasteiger charge is 2.16. The molecule has 0 aliphatic heterocycles. The number of hydrogen-bond donors (Lipinski definition) is 2. The predicted octanol–water partition coefficient (Wildman–Crippen LogP) is 1.87. The number of nitrogens with one attached hydrogen (secondary N) is 1. The van der Waals surface area contributed by atoms with Crippen molar-refractivity contribution in [1.29, 1.82) is 0 Å². The van der Waals surface area contributed by atoms with E-state index in [9.17, 15) is 4.79 Å². The maximum atomic E-state index is 12.1. The van der Waals surface area contributed by atoms with Crippen LogP contribution >= 0.6 is 24.8 Å². The maximum Gasteiger partial charge on any atom is 0.237 e. The van der Waals surface area contributed by atoms with Crippen molar-refractivity contribution in [3.63, 3.8) is 0 Å². The van der Waals surface area contributed by atoms with Crippen LogP contribution in [0.4, 0.5) is 0 Å². The van der Waals surface area contributed by atoms with Crippen LogP contribution in [0.2, 0.25) is 0 Å². The zero-order valence-corrected chi connectivity index (χ0v) is 16.4. The summed E-state index contributed by atoms with van der Waals surface area (Å²) < 4.78 is 5.66. The Morgan fingerprint density at radius 2 is 1.88 bits per heavy atom. The monoisotopic (exact) mass is 379 g/mol. The molecule has 0 bridgehead atoms. The molecule has 1 aromatic carbocycles. The third-order valence-corrected chi connectivity index (χ3v) is 3.44. The number of hydrogen-bond acceptors (Lipinski definition) is 4. The summed E-state index contributed by atoms with van der Waals surface area (Å²) in [5.41, 5.74) is 7.04. The van der Waals surface area contributed by atoms with Crippen molar-refractivity contribution in [2.45, 2.75) is 31.9 Å². The first kappa shape index (κ1) is 25.4. The summed E-state index contributed by atoms with van der Waals surface area (Å²) in [6.45, 7) is 4.04. The lowest BCUT2D eigenvalue weighted by atomic mass is 10.1. The lowest BCUT2D eigenvalue weighted by Gasteiger charge is -2.21. The van der Waals surface area contributed by atoms with Crippen molar-refractivity contribution in [2.75, 3.05) is 33.8 Å². The molecule has 0 aliphatic rings. The van der Waals surface area contributed by atoms with Crippen molar-refractivity contribution in [1.82, 2.24) is 10.2 Å². The quantitative estimate of drug-likeness (QED) is 0.650. The van der Waals surface area contributed by atoms with Gasteiger partial charge in [-0.2, -0.15) is 0 Å². The Morgan fingerprint density at radius 3 is 2.42 bits per heavy atom. The van der Waals surface area contributed by atoms with Crippen LogP contribution in [-0.2, 0) is 16.0 Å². The van der Waals surface area contributed by atoms with Crippen LogP contribution in [0.3, 0.4) is 0 Å². The number of carbonyl (C=O) groups excluding carboxylic acids is 1. The maximum absolute atomic E-state index is 12.1. The topological polar surface area (TPSA) is 67.6 Å². The van der Waals surface area contributed by atoms with Gasteiger partial charge in [0.1, 0.15) is 0 Å². The van der Waals surface area contributed by atoms with Crippen LogP contribution in [0.5, 0.6) is 0 Å². The van der Waals surface area contributed by atoms with Crippen molar-refractivity contribution in [3.8, 4) is 0 Å². The van der Waals surface area contributed by atoms with Gasteiger partial charge in [0.15, 0.2) is 0 Å². The summed E-state index contributed by atoms with van der Waals surface area (Å²) in [6, 6.07) is 9.28. The minimum absolute atomic E-state index is 0. The molecule has 1 rings (SSSR count). The number of ether oxygens (including phenoxy) is 1. The summed E-state index contributed by atoms with van der Waals surface area (Å²) in [7, 11) is 4.05. The van der Waals surface area contributed by atoms with E-state index in [1.165, 1.54) is 0 Å². The summed E-state index contributed by atoms with van der Waals surface area (Å²) in [5, 5.41) is 2.90. The molecule has 1 aromatic rings. The Morgan fingerprint density at radius 1 is 1.25 bits per heavy atom. The van der Waals surface area contributed by atoms with Gasteiger partial charge in [-0.3, -0.25) is 4.79 Å². The Balaban J connectivity index is 0. The smallest absolute Gasteiger partial charge is 0.237 e. The van der Waals surface area contributed by atoms with Crippen LogP contribution in [0.15, 0.2) is 30.3 Å². The molecular formula is C17H31Cl2N3O2. The number of benzene rings is 1. The average molecular weight is 380 g/mol. The van der Waals surface area contributed by atoms with Crippen molar-refractivity contribution in [3.05, 3.63) is 35.9 Å². The van der Waals surface area contributed by atoms with Crippen molar-refractivity contribution >= 4 is 30.7 Å². The summed E-state index contributed by atoms with van der Waals surface area (Å²) in [5.74, 6) is -0.126. The van der Waals surface area contributed by atoms with Crippen molar-refractivity contribution < 1.29 is 9.53 Å². The molecule has 0 saturated carbocycles. The molecule has 140 valence electrons. The Labute approximate surface area is 158 Å². The first-order valence-electron chi connectivity index (χ1n) is 7.86. The molecule has 0 aromatic heterocycles. The molecule has 2 atom stereocenters. The van der Waals surface area contributed by atoms with Gasteiger partial charge in [-0.15, -0.1) is 24.8 Å². The Kier molecular flexibility index (Phi) is 15.3. The van der Waals surface area contributed by atoms with E-state index in [-0.39, 0.29) is 36.8 Å². The van der Waals surface area contributed by atoms with Gasteiger partial charge in [0, 0.05) is 19.7 Å². The second-order valence-corrected chi connectivity index (χ2v) is 5.71. The summed E-state index contributed by atoms with van der Waals surface area (Å²) in [6.07, 6.45) is 1.46. The van der Waals surface area contributed by atoms with E-state index in [1.807, 2.05) is 51.4 Å². The number of nitrogens with two attached hydrogens (primary N) is 1. The van der Waals surface area contributed by atoms with Crippen LogP contribution in [-0.4, -0.2) is 56.7 Å². The third-order valence-electron chi connectivity index (χ3n) is 3.44. The molecule has 2 unspecified atom stereocenters. The highest BCUT2D eigenvalue weighted by atomic mass is 35.5. The highest BCUT2D eigenvalue weighted by molar-refractivity contribution is 5.85. The van der Waals surface area contributed by atoms with Gasteiger partial charge >= 0.3 is 0 Å². The average Bonchev–Trinajstić information content (AvgIpc) is 2.50. The standard InChI is InChI=1S/C17H29N3O2.2ClH/c1-4-22-15(10-11-20(2)3)13-19-17(21)16(18)12-14-8-6-5-7-9-14;;/h5-9,15-16H,4,10-13,18H2,1-3H3,(H,19,21);2*1H. The molecule has 3 N–H and O–H groups in total. The molecular weight excluding hydrogens is 349 g/mol. The van der Waals surface area contributed by atoms with Gasteiger partial charge in [-0.05, 0) is 39.4 Å². The summed E-state index contributed by atoms with van der Waals surface area (Å²) >= 11 is 0. The van der Waals surface area contributed by atoms with E-state index in [0.717, 1.165) is 18.5 Å². The van der Waals surface area contributed by atoms with E-state index in [1.54, 1.807) is 0 Å². The SMILES string of the molecule is CCOC(CCN(C)C)CNC(=O)C(N)Cc1ccccc1.Cl.Cl. The fourth-order valence-electron chi connectivity index (χ4n) is 2.19. The van der Waals surface area contributed by atoms with Crippen molar-refractivity contribution in [2.24, 2.45) is 5.73 Å². The first-order chi connectivity index (χ1) is 10.5. The first-order valence-corrected chi connectivity index (χ1v) is 7.86. The summed E-state index contributed by atoms with van der Waals surface area (Å²) in [4.78, 5) is 14.2. The second kappa shape index (κ2) is 14.5. The fourth-order valence-corrected chi connectivity index (χ4v) is 2.19. The Bertz CT molecular complexity index is 433. The van der Waals surface area contributed by atoms with Gasteiger partial charge in [0.2, 0.25) is 5.91 Å². The van der Waals surface area contributed by atoms with Crippen LogP contribution in [0.1, 0.15) is 18.9 Å². The highest BCUT2D eigenvalue weighted by Crippen LogP contribution is 2.03. The molecule has 0 fully saturated rings. The van der Waals surface area contributed by atoms with E-state index in [0.29, 0.717) is 19.6 Å². The van der Waals surface area contributed by atoms with Crippen LogP contribution in [0, 0.1) is 0 Å². The van der Waals surface area contributed by atoms with Crippen LogP contribution < -0.4 is 11.1 Å². The molecule has 0 aliphatic carbocycles. The molecule has 1 amide bonds. The normalized spacial score (nSPS) is 12.7. The molecule has 0 spiro atoms. The molecule has 24 heavy (non-hydrogen) atoms. The van der Waals surface area contributed by atoms with Gasteiger partial charge in [-0.25, -0.2) is 0 Å². The molecule has 0 radical (unpaired) electrons. The number of rotatable bonds is 10. The minimum atomic E-state index is -0.529. The van der Waals surface area contributed by atoms with E-state index >= 15 is 0 Å². The third kappa shape index (κ3) is 10.8. The van der Waals surface area contributed by atoms with E-state index in [4.69, 9.17) is 10.5 Å². The number of carbonyl (C=O) groups is 1. The van der Waals surface area contributed by atoms with Gasteiger partial charge in [0.25, 0.3) is 0 Å². The number of halogens is 2. The minimum Gasteiger partial charge on any atom is -0.377 e. The van der Waals surface area contributed by atoms with Gasteiger partial charge < -0.3 is 20.7 Å². The van der Waals surface area contributed by atoms with E-state index < -0.39 is 6.04 Å². The second-order valence-electron chi connectivity index (χ2n) is 5.71. The zero-order chi connectivity index (χ0) is 16.4. The number of amides is 1. The molecule has 0 heterocycles. The molecule has 5 nitrogen and oxygen atoms in total. The zero-order valence-electron chi connectivity index (χ0n) is 14.7. The molecule has 7 heteroatoms. The predicted molar refractivity (Wildman–Crippen MR) is 104 cm³/mol. The lowest BCUT2D eigenvalue weighted by molar-refractivity contribution is -0.123. The van der Waals surface area contributed by atoms with Gasteiger partial charge in [0.05, 0.1) is 12.1 Å². The largest absolute Gasteiger partial charge is 0.377 e. The molecule has 0 saturated heterocycles. The lowest BCUT2D eigenvalue weighted by Crippen LogP contribution is -2.45. The Hall–Kier alpha value is -0.850. The van der Waals surface area contributed by atoms with Gasteiger partial charge in [-0.1, -0.05) is 30.3 Å². The fraction of sp³-hybridized carbons (Fsp3) is 0.588.